The van der Waals surface area contributed by atoms with Crippen LogP contribution in [0.1, 0.15) is 10.6 Å². The normalized spacial score (nSPS) is 11.8. The second-order valence-corrected chi connectivity index (χ2v) is 7.33. The van der Waals surface area contributed by atoms with Gasteiger partial charge in [-0.05, 0) is 24.6 Å². The van der Waals surface area contributed by atoms with E-state index < -0.39 is 10.0 Å². The summed E-state index contributed by atoms with van der Waals surface area (Å²) in [6.07, 6.45) is 1.66. The van der Waals surface area contributed by atoms with Crippen molar-refractivity contribution in [1.29, 1.82) is 0 Å². The summed E-state index contributed by atoms with van der Waals surface area (Å²) in [7, 11) is -0.602. The van der Waals surface area contributed by atoms with Gasteiger partial charge in [0.2, 0.25) is 10.0 Å². The number of nitrogens with zero attached hydrogens (tertiary/aromatic N) is 2. The Labute approximate surface area is 122 Å². The van der Waals surface area contributed by atoms with Crippen molar-refractivity contribution in [3.05, 3.63) is 40.3 Å². The quantitative estimate of drug-likeness (QED) is 0.850. The van der Waals surface area contributed by atoms with Gasteiger partial charge in [-0.15, -0.1) is 11.3 Å². The molecule has 0 aliphatic carbocycles. The minimum absolute atomic E-state index is 0.180. The number of hydrogen-bond donors (Lipinski definition) is 0. The summed E-state index contributed by atoms with van der Waals surface area (Å²) in [6, 6.07) is 5.10. The third-order valence-electron chi connectivity index (χ3n) is 2.85. The van der Waals surface area contributed by atoms with Crippen molar-refractivity contribution in [3.63, 3.8) is 0 Å². The van der Waals surface area contributed by atoms with Crippen LogP contribution in [-0.2, 0) is 16.6 Å². The maximum absolute atomic E-state index is 12.6. The Morgan fingerprint density at radius 1 is 1.40 bits per heavy atom. The van der Waals surface area contributed by atoms with Gasteiger partial charge in [0.05, 0.1) is 13.7 Å². The van der Waals surface area contributed by atoms with E-state index in [-0.39, 0.29) is 11.4 Å². The zero-order valence-electron chi connectivity index (χ0n) is 11.5. The molecule has 0 aliphatic rings. The van der Waals surface area contributed by atoms with E-state index in [1.165, 1.54) is 22.8 Å². The molecule has 0 amide bonds. The summed E-state index contributed by atoms with van der Waals surface area (Å²) in [5, 5.41) is 2.57. The Hall–Kier alpha value is -1.44. The van der Waals surface area contributed by atoms with Gasteiger partial charge in [-0.2, -0.15) is 4.31 Å². The highest BCUT2D eigenvalue weighted by Crippen LogP contribution is 2.28. The van der Waals surface area contributed by atoms with E-state index in [9.17, 15) is 8.42 Å². The standard InChI is InChI=1S/C13H16N2O3S2/c1-10-4-5-11(18-3)12(8-10)20(16,17)15(2)9-13-14-6-7-19-13/h4-8H,9H2,1-3H3. The lowest BCUT2D eigenvalue weighted by molar-refractivity contribution is 0.397. The highest BCUT2D eigenvalue weighted by molar-refractivity contribution is 7.89. The fourth-order valence-electron chi connectivity index (χ4n) is 1.76. The Morgan fingerprint density at radius 3 is 2.75 bits per heavy atom. The molecule has 7 heteroatoms. The summed E-state index contributed by atoms with van der Waals surface area (Å²) in [5.74, 6) is 0.349. The Balaban J connectivity index is 2.36. The number of aromatic nitrogens is 1. The summed E-state index contributed by atoms with van der Waals surface area (Å²) >= 11 is 1.43. The van der Waals surface area contributed by atoms with E-state index in [1.54, 1.807) is 25.4 Å². The minimum atomic E-state index is -3.61. The van der Waals surface area contributed by atoms with Crippen LogP contribution < -0.4 is 4.74 Å². The zero-order chi connectivity index (χ0) is 14.8. The van der Waals surface area contributed by atoms with Gasteiger partial charge in [0.25, 0.3) is 0 Å². The van der Waals surface area contributed by atoms with Crippen LogP contribution in [0.15, 0.2) is 34.7 Å². The van der Waals surface area contributed by atoms with Crippen LogP contribution in [0.4, 0.5) is 0 Å². The fraction of sp³-hybridized carbons (Fsp3) is 0.308. The van der Waals surface area contributed by atoms with Gasteiger partial charge >= 0.3 is 0 Å². The number of ether oxygens (including phenoxy) is 1. The molecule has 108 valence electrons. The molecule has 0 atom stereocenters. The van der Waals surface area contributed by atoms with Crippen LogP contribution in [0.5, 0.6) is 5.75 Å². The molecule has 1 heterocycles. The van der Waals surface area contributed by atoms with E-state index in [1.807, 2.05) is 18.4 Å². The molecule has 2 aromatic rings. The van der Waals surface area contributed by atoms with Gasteiger partial charge in [0.1, 0.15) is 15.7 Å². The molecule has 0 N–H and O–H groups in total. The van der Waals surface area contributed by atoms with Crippen LogP contribution >= 0.6 is 11.3 Å². The van der Waals surface area contributed by atoms with Crippen molar-refractivity contribution >= 4 is 21.4 Å². The first-order chi connectivity index (χ1) is 9.45. The largest absolute Gasteiger partial charge is 0.495 e. The molecule has 0 saturated carbocycles. The van der Waals surface area contributed by atoms with Crippen LogP contribution in [0, 0.1) is 6.92 Å². The van der Waals surface area contributed by atoms with Crippen molar-refractivity contribution in [1.82, 2.24) is 9.29 Å². The number of hydrogen-bond acceptors (Lipinski definition) is 5. The summed E-state index contributed by atoms with van der Waals surface area (Å²) in [4.78, 5) is 4.28. The molecular formula is C13H16N2O3S2. The first-order valence-corrected chi connectivity index (χ1v) is 8.26. The number of thiazole rings is 1. The van der Waals surface area contributed by atoms with Gasteiger partial charge in [-0.1, -0.05) is 6.07 Å². The van der Waals surface area contributed by atoms with Crippen LogP contribution in [-0.4, -0.2) is 31.9 Å². The molecule has 0 fully saturated rings. The molecule has 0 aliphatic heterocycles. The molecule has 1 aromatic heterocycles. The predicted molar refractivity (Wildman–Crippen MR) is 78.5 cm³/mol. The molecule has 1 aromatic carbocycles. The second kappa shape index (κ2) is 5.90. The average molecular weight is 312 g/mol. The van der Waals surface area contributed by atoms with Crippen molar-refractivity contribution in [2.75, 3.05) is 14.2 Å². The lowest BCUT2D eigenvalue weighted by atomic mass is 10.2. The van der Waals surface area contributed by atoms with Crippen molar-refractivity contribution < 1.29 is 13.2 Å². The van der Waals surface area contributed by atoms with E-state index in [2.05, 4.69) is 4.98 Å². The molecule has 2 rings (SSSR count). The highest BCUT2D eigenvalue weighted by atomic mass is 32.2. The van der Waals surface area contributed by atoms with Crippen molar-refractivity contribution in [3.8, 4) is 5.75 Å². The Bertz CT molecular complexity index is 682. The molecule has 0 bridgehead atoms. The second-order valence-electron chi connectivity index (χ2n) is 4.34. The van der Waals surface area contributed by atoms with Gasteiger partial charge < -0.3 is 4.74 Å². The molecule has 20 heavy (non-hydrogen) atoms. The fourth-order valence-corrected chi connectivity index (χ4v) is 3.88. The predicted octanol–water partition coefficient (Wildman–Crippen LogP) is 2.28. The summed E-state index contributed by atoms with van der Waals surface area (Å²) in [5.41, 5.74) is 0.868. The first kappa shape index (κ1) is 15.0. The van der Waals surface area contributed by atoms with E-state index >= 15 is 0 Å². The molecule has 0 spiro atoms. The van der Waals surface area contributed by atoms with E-state index in [4.69, 9.17) is 4.74 Å². The number of benzene rings is 1. The van der Waals surface area contributed by atoms with E-state index in [0.29, 0.717) is 5.75 Å². The van der Waals surface area contributed by atoms with Gasteiger partial charge in [-0.3, -0.25) is 0 Å². The first-order valence-electron chi connectivity index (χ1n) is 5.94. The van der Waals surface area contributed by atoms with Crippen LogP contribution in [0.2, 0.25) is 0 Å². The van der Waals surface area contributed by atoms with Crippen LogP contribution in [0.3, 0.4) is 0 Å². The number of rotatable bonds is 5. The number of sulfonamides is 1. The van der Waals surface area contributed by atoms with Gasteiger partial charge in [-0.25, -0.2) is 13.4 Å². The molecule has 0 saturated heterocycles. The highest BCUT2D eigenvalue weighted by Gasteiger charge is 2.25. The van der Waals surface area contributed by atoms with E-state index in [0.717, 1.165) is 10.6 Å². The summed E-state index contributed by atoms with van der Waals surface area (Å²) < 4.78 is 31.7. The Kier molecular flexibility index (Phi) is 4.42. The molecular weight excluding hydrogens is 296 g/mol. The summed E-state index contributed by atoms with van der Waals surface area (Å²) in [6.45, 7) is 2.09. The average Bonchev–Trinajstić information content (AvgIpc) is 2.91. The third-order valence-corrected chi connectivity index (χ3v) is 5.44. The van der Waals surface area contributed by atoms with Gasteiger partial charge in [0.15, 0.2) is 0 Å². The Morgan fingerprint density at radius 2 is 2.15 bits per heavy atom. The van der Waals surface area contributed by atoms with Crippen molar-refractivity contribution in [2.24, 2.45) is 0 Å². The van der Waals surface area contributed by atoms with Crippen LogP contribution in [0.25, 0.3) is 0 Å². The molecule has 5 nitrogen and oxygen atoms in total. The lowest BCUT2D eigenvalue weighted by Gasteiger charge is -2.18. The van der Waals surface area contributed by atoms with Gasteiger partial charge in [0, 0.05) is 18.6 Å². The monoisotopic (exact) mass is 312 g/mol. The number of methoxy groups -OCH3 is 1. The number of aryl methyl sites for hydroxylation is 1. The van der Waals surface area contributed by atoms with Crippen molar-refractivity contribution in [2.45, 2.75) is 18.4 Å². The topological polar surface area (TPSA) is 59.5 Å². The SMILES string of the molecule is COc1ccc(C)cc1S(=O)(=O)N(C)Cc1nccs1. The maximum atomic E-state index is 12.6. The zero-order valence-corrected chi connectivity index (χ0v) is 13.2. The molecule has 0 radical (unpaired) electrons. The lowest BCUT2D eigenvalue weighted by Crippen LogP contribution is -2.27. The minimum Gasteiger partial charge on any atom is -0.495 e. The maximum Gasteiger partial charge on any atom is 0.246 e. The molecule has 0 unspecified atom stereocenters. The third kappa shape index (κ3) is 3.00. The smallest absolute Gasteiger partial charge is 0.246 e.